The van der Waals surface area contributed by atoms with Crippen LogP contribution in [0.3, 0.4) is 0 Å². The lowest BCUT2D eigenvalue weighted by atomic mass is 9.98. The SMILES string of the molecule is CC1CN(C(=O)C(C(C)C)N2CC(C)OC(C)C2)CCN1. The van der Waals surface area contributed by atoms with E-state index in [2.05, 4.69) is 44.8 Å². The molecule has 5 heteroatoms. The van der Waals surface area contributed by atoms with Crippen LogP contribution in [0.25, 0.3) is 0 Å². The predicted molar refractivity (Wildman–Crippen MR) is 84.3 cm³/mol. The molecule has 0 aromatic rings. The molecule has 0 saturated carbocycles. The average Bonchev–Trinajstić information content (AvgIpc) is 2.37. The van der Waals surface area contributed by atoms with Gasteiger partial charge in [-0.2, -0.15) is 0 Å². The minimum absolute atomic E-state index is 0.0240. The molecule has 4 unspecified atom stereocenters. The fourth-order valence-corrected chi connectivity index (χ4v) is 3.63. The molecule has 1 amide bonds. The van der Waals surface area contributed by atoms with Gasteiger partial charge in [0.2, 0.25) is 5.91 Å². The molecule has 5 nitrogen and oxygen atoms in total. The van der Waals surface area contributed by atoms with E-state index in [1.807, 2.05) is 4.90 Å². The summed E-state index contributed by atoms with van der Waals surface area (Å²) in [4.78, 5) is 17.4. The van der Waals surface area contributed by atoms with Crippen LogP contribution < -0.4 is 5.32 Å². The maximum absolute atomic E-state index is 13.0. The summed E-state index contributed by atoms with van der Waals surface area (Å²) in [6, 6.07) is 0.363. The van der Waals surface area contributed by atoms with E-state index in [0.717, 1.165) is 32.7 Å². The van der Waals surface area contributed by atoms with Gasteiger partial charge in [0.1, 0.15) is 0 Å². The van der Waals surface area contributed by atoms with E-state index in [0.29, 0.717) is 17.9 Å². The Morgan fingerprint density at radius 1 is 1.14 bits per heavy atom. The molecule has 2 aliphatic heterocycles. The molecule has 2 heterocycles. The van der Waals surface area contributed by atoms with E-state index in [9.17, 15) is 4.79 Å². The normalized spacial score (nSPS) is 33.2. The highest BCUT2D eigenvalue weighted by Crippen LogP contribution is 2.20. The summed E-state index contributed by atoms with van der Waals surface area (Å²) in [6.07, 6.45) is 0.398. The van der Waals surface area contributed by atoms with Crippen molar-refractivity contribution < 1.29 is 9.53 Å². The lowest BCUT2D eigenvalue weighted by Gasteiger charge is -2.43. The van der Waals surface area contributed by atoms with Gasteiger partial charge in [0.05, 0.1) is 18.2 Å². The van der Waals surface area contributed by atoms with Crippen molar-refractivity contribution in [2.45, 2.75) is 58.9 Å². The maximum atomic E-state index is 13.0. The first kappa shape index (κ1) is 16.7. The Kier molecular flexibility index (Phi) is 5.63. The summed E-state index contributed by atoms with van der Waals surface area (Å²) < 4.78 is 5.81. The molecule has 0 aliphatic carbocycles. The van der Waals surface area contributed by atoms with Crippen molar-refractivity contribution in [2.24, 2.45) is 5.92 Å². The third-order valence-electron chi connectivity index (χ3n) is 4.41. The predicted octanol–water partition coefficient (Wildman–Crippen LogP) is 0.941. The van der Waals surface area contributed by atoms with Crippen molar-refractivity contribution in [1.29, 1.82) is 0 Å². The van der Waals surface area contributed by atoms with E-state index < -0.39 is 0 Å². The number of hydrogen-bond donors (Lipinski definition) is 1. The minimum atomic E-state index is -0.0240. The molecule has 2 fully saturated rings. The van der Waals surface area contributed by atoms with Gasteiger partial charge in [-0.15, -0.1) is 0 Å². The van der Waals surface area contributed by atoms with E-state index in [-0.39, 0.29) is 18.2 Å². The molecule has 4 atom stereocenters. The second-order valence-electron chi connectivity index (χ2n) is 7.04. The van der Waals surface area contributed by atoms with Crippen molar-refractivity contribution in [3.05, 3.63) is 0 Å². The molecule has 1 N–H and O–H groups in total. The van der Waals surface area contributed by atoms with Gasteiger partial charge < -0.3 is 15.0 Å². The molecular weight excluding hydrogens is 266 g/mol. The van der Waals surface area contributed by atoms with Crippen LogP contribution in [0.4, 0.5) is 0 Å². The van der Waals surface area contributed by atoms with Crippen LogP contribution in [0.2, 0.25) is 0 Å². The topological polar surface area (TPSA) is 44.8 Å². The Morgan fingerprint density at radius 2 is 1.76 bits per heavy atom. The van der Waals surface area contributed by atoms with E-state index in [1.54, 1.807) is 0 Å². The minimum Gasteiger partial charge on any atom is -0.373 e. The monoisotopic (exact) mass is 297 g/mol. The summed E-state index contributed by atoms with van der Waals surface area (Å²) in [5.41, 5.74) is 0. The van der Waals surface area contributed by atoms with E-state index in [1.165, 1.54) is 0 Å². The third kappa shape index (κ3) is 4.18. The fourth-order valence-electron chi connectivity index (χ4n) is 3.63. The fraction of sp³-hybridized carbons (Fsp3) is 0.938. The molecule has 0 radical (unpaired) electrons. The van der Waals surface area contributed by atoms with Crippen molar-refractivity contribution in [2.75, 3.05) is 32.7 Å². The summed E-state index contributed by atoms with van der Waals surface area (Å²) in [6.45, 7) is 14.9. The third-order valence-corrected chi connectivity index (χ3v) is 4.41. The molecule has 0 aromatic carbocycles. The molecule has 2 rings (SSSR count). The van der Waals surface area contributed by atoms with Gasteiger partial charge in [0.25, 0.3) is 0 Å². The standard InChI is InChI=1S/C16H31N3O2/c1-11(2)15(19-9-13(4)21-14(5)10-19)16(20)18-7-6-17-12(3)8-18/h11-15,17H,6-10H2,1-5H3. The zero-order valence-electron chi connectivity index (χ0n) is 14.1. The van der Waals surface area contributed by atoms with Crippen LogP contribution in [0.5, 0.6) is 0 Å². The van der Waals surface area contributed by atoms with Gasteiger partial charge in [0.15, 0.2) is 0 Å². The Morgan fingerprint density at radius 3 is 2.29 bits per heavy atom. The molecule has 2 aliphatic rings. The number of hydrogen-bond acceptors (Lipinski definition) is 4. The lowest BCUT2D eigenvalue weighted by Crippen LogP contribution is -2.60. The number of carbonyl (C=O) groups excluding carboxylic acids is 1. The second kappa shape index (κ2) is 7.07. The van der Waals surface area contributed by atoms with Crippen LogP contribution in [0.15, 0.2) is 0 Å². The summed E-state index contributed by atoms with van der Waals surface area (Å²) in [7, 11) is 0. The molecule has 0 bridgehead atoms. The van der Waals surface area contributed by atoms with Crippen LogP contribution in [-0.4, -0.2) is 72.7 Å². The molecule has 2 saturated heterocycles. The molecule has 0 spiro atoms. The molecule has 122 valence electrons. The van der Waals surface area contributed by atoms with Gasteiger partial charge >= 0.3 is 0 Å². The van der Waals surface area contributed by atoms with Crippen LogP contribution in [0, 0.1) is 5.92 Å². The van der Waals surface area contributed by atoms with E-state index in [4.69, 9.17) is 4.74 Å². The van der Waals surface area contributed by atoms with Crippen molar-refractivity contribution in [1.82, 2.24) is 15.1 Å². The zero-order chi connectivity index (χ0) is 15.6. The number of amides is 1. The highest BCUT2D eigenvalue weighted by Gasteiger charge is 2.37. The molecule has 21 heavy (non-hydrogen) atoms. The van der Waals surface area contributed by atoms with Gasteiger partial charge in [-0.1, -0.05) is 13.8 Å². The summed E-state index contributed by atoms with van der Waals surface area (Å²) in [5.74, 6) is 0.611. The quantitative estimate of drug-likeness (QED) is 0.842. The van der Waals surface area contributed by atoms with Crippen LogP contribution in [-0.2, 0) is 9.53 Å². The number of nitrogens with one attached hydrogen (secondary N) is 1. The first-order valence-electron chi connectivity index (χ1n) is 8.30. The Bertz CT molecular complexity index is 351. The highest BCUT2D eigenvalue weighted by atomic mass is 16.5. The van der Waals surface area contributed by atoms with Gasteiger partial charge in [-0.25, -0.2) is 0 Å². The first-order valence-corrected chi connectivity index (χ1v) is 8.30. The average molecular weight is 297 g/mol. The number of rotatable bonds is 3. The number of piperazine rings is 1. The number of morpholine rings is 1. The lowest BCUT2D eigenvalue weighted by molar-refractivity contribution is -0.146. The van der Waals surface area contributed by atoms with Crippen molar-refractivity contribution in [3.8, 4) is 0 Å². The molecular formula is C16H31N3O2. The summed E-state index contributed by atoms with van der Waals surface area (Å²) in [5, 5.41) is 3.40. The summed E-state index contributed by atoms with van der Waals surface area (Å²) >= 11 is 0. The largest absolute Gasteiger partial charge is 0.373 e. The second-order valence-corrected chi connectivity index (χ2v) is 7.04. The van der Waals surface area contributed by atoms with Gasteiger partial charge in [-0.3, -0.25) is 9.69 Å². The van der Waals surface area contributed by atoms with Crippen molar-refractivity contribution in [3.63, 3.8) is 0 Å². The maximum Gasteiger partial charge on any atom is 0.240 e. The van der Waals surface area contributed by atoms with Crippen molar-refractivity contribution >= 4 is 5.91 Å². The van der Waals surface area contributed by atoms with Gasteiger partial charge in [0, 0.05) is 38.8 Å². The Labute approximate surface area is 129 Å². The Balaban J connectivity index is 2.08. The Hall–Kier alpha value is -0.650. The van der Waals surface area contributed by atoms with E-state index >= 15 is 0 Å². The first-order chi connectivity index (χ1) is 9.88. The number of ether oxygens (including phenoxy) is 1. The zero-order valence-corrected chi connectivity index (χ0v) is 14.1. The number of nitrogens with zero attached hydrogens (tertiary/aromatic N) is 2. The number of carbonyl (C=O) groups is 1. The smallest absolute Gasteiger partial charge is 0.240 e. The molecule has 0 aromatic heterocycles. The van der Waals surface area contributed by atoms with Crippen LogP contribution >= 0.6 is 0 Å². The highest BCUT2D eigenvalue weighted by molar-refractivity contribution is 5.82. The van der Waals surface area contributed by atoms with Crippen LogP contribution in [0.1, 0.15) is 34.6 Å². The van der Waals surface area contributed by atoms with Gasteiger partial charge in [-0.05, 0) is 26.7 Å².